The van der Waals surface area contributed by atoms with Crippen molar-refractivity contribution >= 4 is 30.1 Å². The van der Waals surface area contributed by atoms with E-state index in [9.17, 15) is 4.79 Å². The Kier molecular flexibility index (Phi) is 4.50. The van der Waals surface area contributed by atoms with Gasteiger partial charge in [0.1, 0.15) is 5.76 Å². The third kappa shape index (κ3) is 3.52. The Balaban J connectivity index is 2.03. The first-order valence-electron chi connectivity index (χ1n) is 5.80. The van der Waals surface area contributed by atoms with Gasteiger partial charge in [-0.25, -0.2) is 4.98 Å². The summed E-state index contributed by atoms with van der Waals surface area (Å²) in [4.78, 5) is 16.7. The molecule has 1 aromatic carbocycles. The molecule has 0 aliphatic heterocycles. The minimum Gasteiger partial charge on any atom is -0.444 e. The van der Waals surface area contributed by atoms with Crippen molar-refractivity contribution in [3.63, 3.8) is 0 Å². The standard InChI is InChI=1S/C13H13ClN2O2S/c1-2-8-6-15-12(18-8)7-16-13(17)10-5-9(19)3-4-11(10)14/h3-6,19H,2,7H2,1H3,(H,16,17). The molecule has 0 saturated carbocycles. The molecule has 1 aromatic heterocycles. The number of aryl methyl sites for hydroxylation is 1. The highest BCUT2D eigenvalue weighted by Crippen LogP contribution is 2.19. The van der Waals surface area contributed by atoms with E-state index in [-0.39, 0.29) is 12.5 Å². The third-order valence-electron chi connectivity index (χ3n) is 2.54. The van der Waals surface area contributed by atoms with E-state index in [4.69, 9.17) is 16.0 Å². The average molecular weight is 297 g/mol. The number of hydrogen-bond donors (Lipinski definition) is 2. The van der Waals surface area contributed by atoms with Gasteiger partial charge in [0, 0.05) is 11.3 Å². The second kappa shape index (κ2) is 6.12. The number of hydrogen-bond acceptors (Lipinski definition) is 4. The zero-order valence-electron chi connectivity index (χ0n) is 10.3. The second-order valence-electron chi connectivity index (χ2n) is 3.92. The van der Waals surface area contributed by atoms with E-state index in [1.165, 1.54) is 0 Å². The van der Waals surface area contributed by atoms with E-state index in [2.05, 4.69) is 22.9 Å². The molecular weight excluding hydrogens is 284 g/mol. The molecule has 1 heterocycles. The van der Waals surface area contributed by atoms with Gasteiger partial charge in [-0.1, -0.05) is 18.5 Å². The smallest absolute Gasteiger partial charge is 0.253 e. The van der Waals surface area contributed by atoms with Crippen LogP contribution in [0, 0.1) is 0 Å². The van der Waals surface area contributed by atoms with Gasteiger partial charge in [-0.2, -0.15) is 0 Å². The molecule has 1 N–H and O–H groups in total. The highest BCUT2D eigenvalue weighted by atomic mass is 35.5. The van der Waals surface area contributed by atoms with E-state index in [1.54, 1.807) is 24.4 Å². The highest BCUT2D eigenvalue weighted by molar-refractivity contribution is 7.80. The van der Waals surface area contributed by atoms with E-state index in [0.29, 0.717) is 21.4 Å². The van der Waals surface area contributed by atoms with Crippen LogP contribution in [0.3, 0.4) is 0 Å². The van der Waals surface area contributed by atoms with Gasteiger partial charge >= 0.3 is 0 Å². The molecule has 6 heteroatoms. The summed E-state index contributed by atoms with van der Waals surface area (Å²) in [6, 6.07) is 4.98. The van der Waals surface area contributed by atoms with Crippen molar-refractivity contribution < 1.29 is 9.21 Å². The van der Waals surface area contributed by atoms with Gasteiger partial charge in [-0.05, 0) is 18.2 Å². The van der Waals surface area contributed by atoms with Crippen molar-refractivity contribution in [3.05, 3.63) is 46.6 Å². The maximum absolute atomic E-state index is 12.0. The molecule has 0 fully saturated rings. The maximum atomic E-state index is 12.0. The summed E-state index contributed by atoms with van der Waals surface area (Å²) in [5.41, 5.74) is 0.386. The number of carbonyl (C=O) groups is 1. The van der Waals surface area contributed by atoms with Crippen LogP contribution >= 0.6 is 24.2 Å². The summed E-state index contributed by atoms with van der Waals surface area (Å²) in [7, 11) is 0. The lowest BCUT2D eigenvalue weighted by Crippen LogP contribution is -2.23. The topological polar surface area (TPSA) is 55.1 Å². The summed E-state index contributed by atoms with van der Waals surface area (Å²) >= 11 is 10.1. The number of halogens is 1. The molecule has 2 rings (SSSR count). The maximum Gasteiger partial charge on any atom is 0.253 e. The van der Waals surface area contributed by atoms with Crippen molar-refractivity contribution in [1.82, 2.24) is 10.3 Å². The van der Waals surface area contributed by atoms with Crippen molar-refractivity contribution in [2.75, 3.05) is 0 Å². The first kappa shape index (κ1) is 14.0. The first-order valence-corrected chi connectivity index (χ1v) is 6.63. The second-order valence-corrected chi connectivity index (χ2v) is 4.84. The lowest BCUT2D eigenvalue weighted by Gasteiger charge is -2.05. The lowest BCUT2D eigenvalue weighted by atomic mass is 10.2. The van der Waals surface area contributed by atoms with Gasteiger partial charge in [0.25, 0.3) is 5.91 Å². The van der Waals surface area contributed by atoms with Crippen molar-refractivity contribution in [2.24, 2.45) is 0 Å². The number of aromatic nitrogens is 1. The van der Waals surface area contributed by atoms with Crippen LogP contribution in [0.4, 0.5) is 0 Å². The number of oxazole rings is 1. The van der Waals surface area contributed by atoms with Gasteiger partial charge in [0.2, 0.25) is 5.89 Å². The number of carbonyl (C=O) groups excluding carboxylic acids is 1. The monoisotopic (exact) mass is 296 g/mol. The molecule has 0 atom stereocenters. The molecule has 0 bridgehead atoms. The molecule has 1 amide bonds. The Morgan fingerprint density at radius 3 is 3.00 bits per heavy atom. The van der Waals surface area contributed by atoms with Crippen LogP contribution in [0.15, 0.2) is 33.7 Å². The summed E-state index contributed by atoms with van der Waals surface area (Å²) < 4.78 is 5.40. The fourth-order valence-electron chi connectivity index (χ4n) is 1.53. The van der Waals surface area contributed by atoms with Crippen LogP contribution in [-0.2, 0) is 13.0 Å². The fraction of sp³-hybridized carbons (Fsp3) is 0.231. The van der Waals surface area contributed by atoms with Crippen LogP contribution in [0.1, 0.15) is 28.9 Å². The molecule has 0 spiro atoms. The molecule has 0 aliphatic carbocycles. The number of benzene rings is 1. The van der Waals surface area contributed by atoms with Gasteiger partial charge in [-0.3, -0.25) is 4.79 Å². The van der Waals surface area contributed by atoms with E-state index in [0.717, 1.165) is 12.2 Å². The molecule has 100 valence electrons. The number of thiol groups is 1. The minimum absolute atomic E-state index is 0.228. The van der Waals surface area contributed by atoms with Gasteiger partial charge in [0.15, 0.2) is 0 Å². The third-order valence-corrected chi connectivity index (χ3v) is 3.15. The van der Waals surface area contributed by atoms with Gasteiger partial charge in [0.05, 0.1) is 23.3 Å². The van der Waals surface area contributed by atoms with Crippen molar-refractivity contribution in [1.29, 1.82) is 0 Å². The normalized spacial score (nSPS) is 10.5. The Labute approximate surface area is 121 Å². The van der Waals surface area contributed by atoms with Crippen LogP contribution in [0.5, 0.6) is 0 Å². The van der Waals surface area contributed by atoms with Crippen LogP contribution in [0.25, 0.3) is 0 Å². The van der Waals surface area contributed by atoms with Crippen molar-refractivity contribution in [3.8, 4) is 0 Å². The Morgan fingerprint density at radius 2 is 2.32 bits per heavy atom. The number of amides is 1. The summed E-state index contributed by atoms with van der Waals surface area (Å²) in [6.07, 6.45) is 2.43. The molecule has 0 unspecified atom stereocenters. The predicted octanol–water partition coefficient (Wildman–Crippen LogP) is 3.11. The summed E-state index contributed by atoms with van der Waals surface area (Å²) in [5, 5.41) is 3.09. The first-order chi connectivity index (χ1) is 9.10. The predicted molar refractivity (Wildman–Crippen MR) is 75.8 cm³/mol. The van der Waals surface area contributed by atoms with Gasteiger partial charge in [-0.15, -0.1) is 12.6 Å². The minimum atomic E-state index is -0.280. The molecule has 2 aromatic rings. The average Bonchev–Trinajstić information content (AvgIpc) is 2.87. The Hall–Kier alpha value is -1.46. The Bertz CT molecular complexity index is 598. The molecule has 0 saturated heterocycles. The summed E-state index contributed by atoms with van der Waals surface area (Å²) in [5.74, 6) is 0.986. The van der Waals surface area contributed by atoms with Crippen molar-refractivity contribution in [2.45, 2.75) is 24.8 Å². The molecule has 0 radical (unpaired) electrons. The SMILES string of the molecule is CCc1cnc(CNC(=O)c2cc(S)ccc2Cl)o1. The number of rotatable bonds is 4. The quantitative estimate of drug-likeness (QED) is 0.852. The number of nitrogens with one attached hydrogen (secondary N) is 1. The largest absolute Gasteiger partial charge is 0.444 e. The van der Waals surface area contributed by atoms with E-state index < -0.39 is 0 Å². The summed E-state index contributed by atoms with van der Waals surface area (Å²) in [6.45, 7) is 2.20. The zero-order chi connectivity index (χ0) is 13.8. The Morgan fingerprint density at radius 1 is 1.53 bits per heavy atom. The van der Waals surface area contributed by atoms with Crippen LogP contribution in [-0.4, -0.2) is 10.9 Å². The fourth-order valence-corrected chi connectivity index (χ4v) is 1.94. The highest BCUT2D eigenvalue weighted by Gasteiger charge is 2.11. The molecular formula is C13H13ClN2O2S. The lowest BCUT2D eigenvalue weighted by molar-refractivity contribution is 0.0947. The van der Waals surface area contributed by atoms with Crippen LogP contribution < -0.4 is 5.32 Å². The molecule has 4 nitrogen and oxygen atoms in total. The van der Waals surface area contributed by atoms with E-state index >= 15 is 0 Å². The zero-order valence-corrected chi connectivity index (χ0v) is 12.0. The molecule has 0 aliphatic rings. The van der Waals surface area contributed by atoms with Crippen LogP contribution in [0.2, 0.25) is 5.02 Å². The van der Waals surface area contributed by atoms with Gasteiger partial charge < -0.3 is 9.73 Å². The number of nitrogens with zero attached hydrogens (tertiary/aromatic N) is 1. The van der Waals surface area contributed by atoms with E-state index in [1.807, 2.05) is 6.92 Å². The molecule has 19 heavy (non-hydrogen) atoms.